The van der Waals surface area contributed by atoms with E-state index in [1.54, 1.807) is 0 Å². The topological polar surface area (TPSA) is 69.0 Å². The second kappa shape index (κ2) is 14.0. The normalized spacial score (nSPS) is 14.1. The molecular weight excluding hydrogens is 587 g/mol. The Balaban J connectivity index is 1.63. The van der Waals surface area contributed by atoms with Gasteiger partial charge in [-0.3, -0.25) is 10.4 Å². The number of benzene rings is 3. The molecule has 4 aromatic rings. The number of anilines is 1. The minimum absolute atomic E-state index is 0.134. The van der Waals surface area contributed by atoms with Gasteiger partial charge < -0.3 is 10.4 Å². The van der Waals surface area contributed by atoms with Crippen LogP contribution < -0.4 is 5.32 Å². The van der Waals surface area contributed by atoms with E-state index in [1.807, 2.05) is 31.3 Å². The third-order valence-corrected chi connectivity index (χ3v) is 8.89. The van der Waals surface area contributed by atoms with Gasteiger partial charge in [0.05, 0.1) is 11.4 Å². The van der Waals surface area contributed by atoms with Crippen LogP contribution in [-0.2, 0) is 10.8 Å². The number of phenols is 1. The lowest BCUT2D eigenvalue weighted by Gasteiger charge is -2.28. The molecule has 0 aliphatic heterocycles. The molecule has 1 aromatic heterocycles. The molecule has 0 saturated carbocycles. The number of nitrogens with zero attached hydrogens (tertiary/aromatic N) is 1. The lowest BCUT2D eigenvalue weighted by molar-refractivity contribution is 0.443. The van der Waals surface area contributed by atoms with Gasteiger partial charge in [-0.05, 0) is 108 Å². The number of aromatic nitrogens is 1. The van der Waals surface area contributed by atoms with Crippen molar-refractivity contribution >= 4 is 17.0 Å². The maximum atomic E-state index is 11.6. The quantitative estimate of drug-likeness (QED) is 0.133. The van der Waals surface area contributed by atoms with Crippen molar-refractivity contribution in [2.75, 3.05) is 5.32 Å². The Hall–Kier alpha value is -4.96. The Morgan fingerprint density at radius 2 is 1.58 bits per heavy atom. The van der Waals surface area contributed by atoms with Gasteiger partial charge >= 0.3 is 0 Å². The Bertz CT molecular complexity index is 1940. The maximum absolute atomic E-state index is 11.6. The van der Waals surface area contributed by atoms with E-state index in [4.69, 9.17) is 4.98 Å². The fourth-order valence-corrected chi connectivity index (χ4v) is 6.14. The second-order valence-corrected chi connectivity index (χ2v) is 14.6. The van der Waals surface area contributed by atoms with Crippen molar-refractivity contribution in [1.82, 2.24) is 4.98 Å². The Morgan fingerprint density at radius 3 is 2.25 bits per heavy atom. The van der Waals surface area contributed by atoms with Crippen molar-refractivity contribution < 1.29 is 5.11 Å². The molecule has 48 heavy (non-hydrogen) atoms. The number of nitrogens with one attached hydrogen (secondary N) is 2. The van der Waals surface area contributed by atoms with E-state index in [1.165, 1.54) is 0 Å². The molecule has 0 amide bonds. The second-order valence-electron chi connectivity index (χ2n) is 14.6. The zero-order chi connectivity index (χ0) is 34.6. The summed E-state index contributed by atoms with van der Waals surface area (Å²) in [4.78, 5) is 4.79. The van der Waals surface area contributed by atoms with Gasteiger partial charge in [0.2, 0.25) is 0 Å². The summed E-state index contributed by atoms with van der Waals surface area (Å²) in [5.74, 6) is 0.194. The monoisotopic (exact) mass is 635 g/mol. The molecule has 4 heteroatoms. The molecule has 0 unspecified atom stereocenters. The Morgan fingerprint density at radius 1 is 0.854 bits per heavy atom. The first kappa shape index (κ1) is 34.4. The summed E-state index contributed by atoms with van der Waals surface area (Å²) in [5, 5.41) is 24.8. The number of pyridine rings is 1. The predicted molar refractivity (Wildman–Crippen MR) is 205 cm³/mol. The number of hydrogen-bond acceptors (Lipinski definition) is 4. The highest BCUT2D eigenvalue weighted by Gasteiger charge is 2.28. The van der Waals surface area contributed by atoms with E-state index in [9.17, 15) is 10.5 Å². The lowest BCUT2D eigenvalue weighted by Crippen LogP contribution is -2.20. The molecule has 0 bridgehead atoms. The van der Waals surface area contributed by atoms with E-state index < -0.39 is 0 Å². The summed E-state index contributed by atoms with van der Waals surface area (Å²) in [6, 6.07) is 25.2. The summed E-state index contributed by atoms with van der Waals surface area (Å²) in [7, 11) is 0. The van der Waals surface area contributed by atoms with Gasteiger partial charge in [0.25, 0.3) is 0 Å². The third kappa shape index (κ3) is 7.60. The first-order valence-electron chi connectivity index (χ1n) is 16.9. The largest absolute Gasteiger partial charge is 0.507 e. The van der Waals surface area contributed by atoms with Crippen molar-refractivity contribution in [2.45, 2.75) is 79.1 Å². The van der Waals surface area contributed by atoms with Gasteiger partial charge in [0, 0.05) is 39.8 Å². The average Bonchev–Trinajstić information content (AvgIpc) is 3.06. The minimum Gasteiger partial charge on any atom is -0.507 e. The first-order valence-corrected chi connectivity index (χ1v) is 16.9. The van der Waals surface area contributed by atoms with Gasteiger partial charge in [0.15, 0.2) is 0 Å². The number of allylic oxidation sites excluding steroid dienone is 7. The van der Waals surface area contributed by atoms with Crippen LogP contribution in [0.15, 0.2) is 121 Å². The standard InChI is InChI=1S/C44H49N3O/c1-9-16-29(10-2)31-21-22-46-40(26-31)33-23-32(30-17-12-11-13-18-30)24-35(25-33)47-39-20-15-14-19-36(39)41(45)37-27-34(43(3,4)5)28-38(42(37)48)44(6,7)8/h9-13,15-18,20-28,45,47-48H,14,19H2,1-8H3/b16-9-,29-10+,45-41?. The predicted octanol–water partition coefficient (Wildman–Crippen LogP) is 11.8. The van der Waals surface area contributed by atoms with Crippen LogP contribution >= 0.6 is 0 Å². The zero-order valence-electron chi connectivity index (χ0n) is 29.7. The van der Waals surface area contributed by atoms with Crippen LogP contribution in [0.25, 0.3) is 28.0 Å². The van der Waals surface area contributed by atoms with E-state index in [-0.39, 0.29) is 16.6 Å². The SMILES string of the molecule is C/C=C\C(=C/C)c1ccnc(-c2cc(NC3=C(C(=N)c4cc(C(C)(C)C)cc(C(C)(C)C)c4O)CCC=C3)cc(-c3ccccc3)c2)c1. The van der Waals surface area contributed by atoms with Crippen molar-refractivity contribution in [1.29, 1.82) is 5.41 Å². The molecule has 0 saturated heterocycles. The molecule has 1 heterocycles. The molecule has 0 radical (unpaired) electrons. The molecule has 246 valence electrons. The van der Waals surface area contributed by atoms with Gasteiger partial charge in [-0.2, -0.15) is 0 Å². The lowest BCUT2D eigenvalue weighted by atomic mass is 9.77. The highest BCUT2D eigenvalue weighted by molar-refractivity contribution is 6.13. The molecule has 3 N–H and O–H groups in total. The molecule has 5 rings (SSSR count). The first-order chi connectivity index (χ1) is 22.8. The molecule has 3 aromatic carbocycles. The smallest absolute Gasteiger partial charge is 0.128 e. The van der Waals surface area contributed by atoms with Crippen LogP contribution in [0.5, 0.6) is 5.75 Å². The van der Waals surface area contributed by atoms with Crippen LogP contribution in [0.1, 0.15) is 90.5 Å². The summed E-state index contributed by atoms with van der Waals surface area (Å²) in [6.45, 7) is 16.9. The number of phenolic OH excluding ortho intramolecular Hbond substituents is 1. The van der Waals surface area contributed by atoms with Gasteiger partial charge in [0.1, 0.15) is 5.75 Å². The van der Waals surface area contributed by atoms with Crippen LogP contribution in [0.2, 0.25) is 0 Å². The number of aromatic hydroxyl groups is 1. The van der Waals surface area contributed by atoms with Crippen molar-refractivity contribution in [3.05, 3.63) is 143 Å². The highest BCUT2D eigenvalue weighted by atomic mass is 16.3. The number of rotatable bonds is 8. The highest BCUT2D eigenvalue weighted by Crippen LogP contribution is 2.40. The third-order valence-electron chi connectivity index (χ3n) is 8.89. The average molecular weight is 636 g/mol. The van der Waals surface area contributed by atoms with Crippen molar-refractivity contribution in [2.24, 2.45) is 0 Å². The fourth-order valence-electron chi connectivity index (χ4n) is 6.14. The van der Waals surface area contributed by atoms with E-state index in [0.717, 1.165) is 68.0 Å². The van der Waals surface area contributed by atoms with E-state index >= 15 is 0 Å². The van der Waals surface area contributed by atoms with Gasteiger partial charge in [-0.15, -0.1) is 0 Å². The summed E-state index contributed by atoms with van der Waals surface area (Å²) < 4.78 is 0. The summed E-state index contributed by atoms with van der Waals surface area (Å²) in [6.07, 6.45) is 13.9. The van der Waals surface area contributed by atoms with Gasteiger partial charge in [-0.25, -0.2) is 0 Å². The molecule has 4 nitrogen and oxygen atoms in total. The maximum Gasteiger partial charge on any atom is 0.128 e. The number of hydrogen-bond donors (Lipinski definition) is 3. The Kier molecular flexibility index (Phi) is 10.0. The fraction of sp³-hybridized carbons (Fsp3) is 0.273. The van der Waals surface area contributed by atoms with Crippen LogP contribution in [0, 0.1) is 5.41 Å². The molecule has 0 spiro atoms. The summed E-state index contributed by atoms with van der Waals surface area (Å²) >= 11 is 0. The van der Waals surface area contributed by atoms with Crippen LogP contribution in [0.4, 0.5) is 5.69 Å². The van der Waals surface area contributed by atoms with Crippen molar-refractivity contribution in [3.8, 4) is 28.1 Å². The van der Waals surface area contributed by atoms with Gasteiger partial charge in [-0.1, -0.05) is 102 Å². The Labute approximate surface area is 287 Å². The molecular formula is C44H49N3O. The molecule has 1 aliphatic rings. The van der Waals surface area contributed by atoms with Crippen LogP contribution in [-0.4, -0.2) is 15.8 Å². The molecule has 0 fully saturated rings. The summed E-state index contributed by atoms with van der Waals surface area (Å²) in [5.41, 5.74) is 11.5. The molecule has 1 aliphatic carbocycles. The van der Waals surface area contributed by atoms with E-state index in [2.05, 4.69) is 139 Å². The zero-order valence-corrected chi connectivity index (χ0v) is 29.7. The van der Waals surface area contributed by atoms with Crippen molar-refractivity contribution in [3.63, 3.8) is 0 Å². The minimum atomic E-state index is -0.275. The van der Waals surface area contributed by atoms with E-state index in [0.29, 0.717) is 17.7 Å². The molecule has 0 atom stereocenters. The van der Waals surface area contributed by atoms with Crippen LogP contribution in [0.3, 0.4) is 0 Å².